The van der Waals surface area contributed by atoms with Gasteiger partial charge < -0.3 is 16.4 Å². The lowest BCUT2D eigenvalue weighted by molar-refractivity contribution is -0.116. The normalized spacial score (nSPS) is 15.4. The van der Waals surface area contributed by atoms with Gasteiger partial charge in [0, 0.05) is 16.8 Å². The molecule has 200 valence electrons. The molecule has 5 rings (SSSR count). The third-order valence-corrected chi connectivity index (χ3v) is 8.18. The van der Waals surface area contributed by atoms with Crippen LogP contribution in [-0.4, -0.2) is 30.8 Å². The van der Waals surface area contributed by atoms with Crippen LogP contribution in [-0.2, 0) is 4.79 Å². The summed E-state index contributed by atoms with van der Waals surface area (Å²) in [6.45, 7) is 6.81. The van der Waals surface area contributed by atoms with E-state index in [1.807, 2.05) is 75.4 Å². The molecule has 0 saturated carbocycles. The smallest absolute Gasteiger partial charge is 0.269 e. The number of thiophene rings is 1. The van der Waals surface area contributed by atoms with Crippen LogP contribution >= 0.6 is 11.3 Å². The molecule has 0 spiro atoms. The summed E-state index contributed by atoms with van der Waals surface area (Å²) in [6, 6.07) is 22.2. The molecule has 7 nitrogen and oxygen atoms in total. The van der Waals surface area contributed by atoms with Crippen molar-refractivity contribution >= 4 is 50.5 Å². The monoisotopic (exact) mass is 540 g/mol. The molecule has 1 unspecified atom stereocenters. The zero-order chi connectivity index (χ0) is 27.7. The summed E-state index contributed by atoms with van der Waals surface area (Å²) >= 11 is 1.43. The summed E-state index contributed by atoms with van der Waals surface area (Å²) < 4.78 is 1.02. The van der Waals surface area contributed by atoms with Crippen molar-refractivity contribution in [2.45, 2.75) is 33.2 Å². The summed E-state index contributed by atoms with van der Waals surface area (Å²) in [7, 11) is 0. The van der Waals surface area contributed by atoms with E-state index in [0.717, 1.165) is 21.2 Å². The van der Waals surface area contributed by atoms with E-state index in [0.29, 0.717) is 34.9 Å². The van der Waals surface area contributed by atoms with Gasteiger partial charge in [-0.05, 0) is 60.2 Å². The summed E-state index contributed by atoms with van der Waals surface area (Å²) in [6.07, 6.45) is 0.0839. The van der Waals surface area contributed by atoms with Crippen molar-refractivity contribution in [3.63, 3.8) is 0 Å². The van der Waals surface area contributed by atoms with Gasteiger partial charge in [0.2, 0.25) is 5.91 Å². The van der Waals surface area contributed by atoms with Crippen molar-refractivity contribution < 1.29 is 14.4 Å². The molecule has 4 aromatic rings. The predicted octanol–water partition coefficient (Wildman–Crippen LogP) is 5.65. The van der Waals surface area contributed by atoms with Gasteiger partial charge in [0.1, 0.15) is 0 Å². The Morgan fingerprint density at radius 2 is 1.82 bits per heavy atom. The van der Waals surface area contributed by atoms with Crippen molar-refractivity contribution in [1.29, 1.82) is 0 Å². The number of carbonyl (C=O) groups excluding carboxylic acids is 3. The number of rotatable bonds is 6. The van der Waals surface area contributed by atoms with Crippen molar-refractivity contribution in [3.8, 4) is 0 Å². The minimum atomic E-state index is -0.519. The molecule has 1 aliphatic rings. The molecule has 0 fully saturated rings. The van der Waals surface area contributed by atoms with Crippen LogP contribution in [0.1, 0.15) is 57.5 Å². The lowest BCUT2D eigenvalue weighted by Crippen LogP contribution is -2.38. The highest BCUT2D eigenvalue weighted by Gasteiger charge is 2.35. The Morgan fingerprint density at radius 1 is 1.08 bits per heavy atom. The van der Waals surface area contributed by atoms with Gasteiger partial charge in [-0.3, -0.25) is 19.3 Å². The second kappa shape index (κ2) is 10.6. The number of nitrogens with zero attached hydrogens (tertiary/aromatic N) is 1. The SMILES string of the molecule is Cc1ccc(C2CC(=O)Nc3cc(C(=O)NCC(C)(C)CN)ccc3N2C(=O)c2cc3ccccc3s2)cc1. The summed E-state index contributed by atoms with van der Waals surface area (Å²) in [5.41, 5.74) is 8.88. The second-order valence-corrected chi connectivity index (χ2v) is 11.9. The van der Waals surface area contributed by atoms with Crippen LogP contribution < -0.4 is 21.3 Å². The molecule has 2 heterocycles. The Morgan fingerprint density at radius 3 is 2.54 bits per heavy atom. The maximum atomic E-state index is 14.2. The van der Waals surface area contributed by atoms with Crippen molar-refractivity contribution in [2.24, 2.45) is 11.1 Å². The molecular weight excluding hydrogens is 508 g/mol. The number of anilines is 2. The predicted molar refractivity (Wildman–Crippen MR) is 157 cm³/mol. The molecule has 1 aromatic heterocycles. The van der Waals surface area contributed by atoms with Gasteiger partial charge >= 0.3 is 0 Å². The first kappa shape index (κ1) is 26.6. The van der Waals surface area contributed by atoms with Crippen LogP contribution in [0.3, 0.4) is 0 Å². The number of benzene rings is 3. The van der Waals surface area contributed by atoms with E-state index < -0.39 is 6.04 Å². The van der Waals surface area contributed by atoms with Gasteiger partial charge in [-0.2, -0.15) is 0 Å². The molecule has 4 N–H and O–H groups in total. The molecular formula is C31H32N4O3S. The minimum Gasteiger partial charge on any atom is -0.351 e. The fourth-order valence-corrected chi connectivity index (χ4v) is 5.63. The molecule has 39 heavy (non-hydrogen) atoms. The van der Waals surface area contributed by atoms with E-state index in [2.05, 4.69) is 10.6 Å². The summed E-state index contributed by atoms with van der Waals surface area (Å²) in [5, 5.41) is 6.87. The first-order valence-corrected chi connectivity index (χ1v) is 13.8. The Labute approximate surface area is 232 Å². The van der Waals surface area contributed by atoms with E-state index >= 15 is 0 Å². The van der Waals surface area contributed by atoms with Crippen LogP contribution in [0.4, 0.5) is 11.4 Å². The third kappa shape index (κ3) is 5.57. The van der Waals surface area contributed by atoms with Crippen LogP contribution in [0.15, 0.2) is 72.8 Å². The first-order valence-electron chi connectivity index (χ1n) is 13.0. The highest BCUT2D eigenvalue weighted by atomic mass is 32.1. The van der Waals surface area contributed by atoms with Crippen LogP contribution in [0.5, 0.6) is 0 Å². The van der Waals surface area contributed by atoms with Crippen molar-refractivity contribution in [3.05, 3.63) is 94.4 Å². The van der Waals surface area contributed by atoms with Crippen LogP contribution in [0.2, 0.25) is 0 Å². The van der Waals surface area contributed by atoms with E-state index in [1.54, 1.807) is 23.1 Å². The van der Waals surface area contributed by atoms with Crippen LogP contribution in [0.25, 0.3) is 10.1 Å². The van der Waals surface area contributed by atoms with Gasteiger partial charge in [-0.15, -0.1) is 11.3 Å². The summed E-state index contributed by atoms with van der Waals surface area (Å²) in [5.74, 6) is -0.688. The molecule has 0 radical (unpaired) electrons. The number of carbonyl (C=O) groups is 3. The van der Waals surface area contributed by atoms with Crippen molar-refractivity contribution in [2.75, 3.05) is 23.3 Å². The zero-order valence-corrected chi connectivity index (χ0v) is 23.1. The molecule has 0 saturated heterocycles. The van der Waals surface area contributed by atoms with Gasteiger partial charge in [0.05, 0.1) is 28.7 Å². The highest BCUT2D eigenvalue weighted by Crippen LogP contribution is 2.41. The lowest BCUT2D eigenvalue weighted by atomic mass is 9.94. The number of hydrogen-bond donors (Lipinski definition) is 3. The molecule has 0 aliphatic carbocycles. The van der Waals surface area contributed by atoms with Gasteiger partial charge in [-0.25, -0.2) is 0 Å². The Balaban J connectivity index is 1.58. The van der Waals surface area contributed by atoms with E-state index in [-0.39, 0.29) is 29.6 Å². The second-order valence-electron chi connectivity index (χ2n) is 10.8. The fourth-order valence-electron chi connectivity index (χ4n) is 4.63. The maximum Gasteiger partial charge on any atom is 0.269 e. The van der Waals surface area contributed by atoms with Gasteiger partial charge in [-0.1, -0.05) is 61.9 Å². The standard InChI is InChI=1S/C31H32N4O3S/c1-19-8-10-20(11-9-19)25-16-28(36)34-23-14-22(29(37)33-18-31(2,3)17-32)12-13-24(23)35(25)30(38)27-15-21-6-4-5-7-26(21)39-27/h4-15,25H,16-18,32H2,1-3H3,(H,33,37)(H,34,36). The number of amides is 3. The lowest BCUT2D eigenvalue weighted by Gasteiger charge is -2.30. The minimum absolute atomic E-state index is 0.0839. The maximum absolute atomic E-state index is 14.2. The highest BCUT2D eigenvalue weighted by molar-refractivity contribution is 7.20. The topological polar surface area (TPSA) is 105 Å². The molecule has 3 amide bonds. The third-order valence-electron chi connectivity index (χ3n) is 7.08. The van der Waals surface area contributed by atoms with E-state index in [9.17, 15) is 14.4 Å². The number of nitrogens with two attached hydrogens (primary N) is 1. The fraction of sp³-hybridized carbons (Fsp3) is 0.258. The average molecular weight is 541 g/mol. The number of hydrogen-bond acceptors (Lipinski definition) is 5. The molecule has 3 aromatic carbocycles. The molecule has 1 atom stereocenters. The molecule has 8 heteroatoms. The Kier molecular flexibility index (Phi) is 7.25. The average Bonchev–Trinajstić information content (AvgIpc) is 3.30. The number of nitrogens with one attached hydrogen (secondary N) is 2. The van der Waals surface area contributed by atoms with Gasteiger partial charge in [0.15, 0.2) is 0 Å². The first-order chi connectivity index (χ1) is 18.6. The Bertz CT molecular complexity index is 1520. The molecule has 0 bridgehead atoms. The van der Waals surface area contributed by atoms with Gasteiger partial charge in [0.25, 0.3) is 11.8 Å². The quantitative estimate of drug-likeness (QED) is 0.294. The van der Waals surface area contributed by atoms with Crippen molar-refractivity contribution in [1.82, 2.24) is 5.32 Å². The van der Waals surface area contributed by atoms with E-state index in [1.165, 1.54) is 11.3 Å². The number of aryl methyl sites for hydroxylation is 1. The number of fused-ring (bicyclic) bond motifs is 2. The Hall–Kier alpha value is -4.01. The van der Waals surface area contributed by atoms with Crippen LogP contribution in [0, 0.1) is 12.3 Å². The summed E-state index contributed by atoms with van der Waals surface area (Å²) in [4.78, 5) is 42.6. The largest absolute Gasteiger partial charge is 0.351 e. The zero-order valence-electron chi connectivity index (χ0n) is 22.3. The van der Waals surface area contributed by atoms with E-state index in [4.69, 9.17) is 5.73 Å². The molecule has 1 aliphatic heterocycles.